The van der Waals surface area contributed by atoms with E-state index < -0.39 is 5.92 Å². The van der Waals surface area contributed by atoms with Crippen LogP contribution in [0.3, 0.4) is 0 Å². The molecular formula is C19H20N2O2. The lowest BCUT2D eigenvalue weighted by Crippen LogP contribution is -2.24. The summed E-state index contributed by atoms with van der Waals surface area (Å²) in [6.45, 7) is 2.03. The molecule has 0 aliphatic rings. The van der Waals surface area contributed by atoms with Gasteiger partial charge >= 0.3 is 0 Å². The average Bonchev–Trinajstić information content (AvgIpc) is 2.60. The predicted octanol–water partition coefficient (Wildman–Crippen LogP) is 3.58. The van der Waals surface area contributed by atoms with Crippen molar-refractivity contribution >= 4 is 11.6 Å². The molecule has 0 heterocycles. The lowest BCUT2D eigenvalue weighted by molar-refractivity contribution is -0.118. The fourth-order valence-corrected chi connectivity index (χ4v) is 2.36. The third-order valence-corrected chi connectivity index (χ3v) is 3.73. The van der Waals surface area contributed by atoms with Gasteiger partial charge in [0.25, 0.3) is 0 Å². The summed E-state index contributed by atoms with van der Waals surface area (Å²) >= 11 is 0. The first kappa shape index (κ1) is 16.6. The Morgan fingerprint density at radius 3 is 2.52 bits per heavy atom. The highest BCUT2D eigenvalue weighted by Gasteiger charge is 2.19. The van der Waals surface area contributed by atoms with Crippen LogP contribution in [0.5, 0.6) is 5.75 Å². The molecule has 118 valence electrons. The van der Waals surface area contributed by atoms with Gasteiger partial charge in [-0.25, -0.2) is 0 Å². The number of nitriles is 1. The van der Waals surface area contributed by atoms with Gasteiger partial charge in [-0.05, 0) is 42.2 Å². The maximum Gasteiger partial charge on any atom is 0.242 e. The molecule has 2 rings (SSSR count). The number of ether oxygens (including phenoxy) is 1. The molecule has 1 atom stereocenters. The summed E-state index contributed by atoms with van der Waals surface area (Å²) in [5.74, 6) is -0.249. The minimum atomic E-state index is -0.728. The quantitative estimate of drug-likeness (QED) is 0.887. The first-order chi connectivity index (χ1) is 11.2. The van der Waals surface area contributed by atoms with Gasteiger partial charge in [-0.3, -0.25) is 4.79 Å². The normalized spacial score (nSPS) is 11.3. The van der Waals surface area contributed by atoms with Gasteiger partial charge in [0.05, 0.1) is 13.2 Å². The first-order valence-corrected chi connectivity index (χ1v) is 7.59. The highest BCUT2D eigenvalue weighted by molar-refractivity contribution is 5.95. The summed E-state index contributed by atoms with van der Waals surface area (Å²) in [6, 6.07) is 17.1. The van der Waals surface area contributed by atoms with Crippen molar-refractivity contribution in [1.29, 1.82) is 5.26 Å². The van der Waals surface area contributed by atoms with E-state index in [0.29, 0.717) is 6.42 Å². The van der Waals surface area contributed by atoms with Crippen LogP contribution in [0, 0.1) is 17.2 Å². The van der Waals surface area contributed by atoms with Crippen LogP contribution < -0.4 is 10.1 Å². The molecule has 1 N–H and O–H groups in total. The third kappa shape index (κ3) is 4.33. The number of nitrogens with zero attached hydrogens (tertiary/aromatic N) is 1. The molecule has 0 bridgehead atoms. The van der Waals surface area contributed by atoms with Crippen LogP contribution in [0.25, 0.3) is 0 Å². The number of para-hydroxylation sites is 1. The second-order valence-corrected chi connectivity index (χ2v) is 5.23. The summed E-state index contributed by atoms with van der Waals surface area (Å²) in [5.41, 5.74) is 2.76. The van der Waals surface area contributed by atoms with Crippen molar-refractivity contribution in [2.45, 2.75) is 19.8 Å². The number of hydrogen-bond donors (Lipinski definition) is 1. The van der Waals surface area contributed by atoms with E-state index in [2.05, 4.69) is 11.4 Å². The van der Waals surface area contributed by atoms with E-state index in [9.17, 15) is 10.1 Å². The lowest BCUT2D eigenvalue weighted by Gasteiger charge is -2.13. The van der Waals surface area contributed by atoms with Gasteiger partial charge in [0.15, 0.2) is 0 Å². The Labute approximate surface area is 136 Å². The van der Waals surface area contributed by atoms with Crippen LogP contribution >= 0.6 is 0 Å². The van der Waals surface area contributed by atoms with Gasteiger partial charge in [0.2, 0.25) is 5.91 Å². The number of rotatable bonds is 6. The molecule has 0 aliphatic heterocycles. The van der Waals surface area contributed by atoms with Crippen LogP contribution in [0.2, 0.25) is 0 Å². The molecular weight excluding hydrogens is 288 g/mol. The van der Waals surface area contributed by atoms with Crippen molar-refractivity contribution in [2.24, 2.45) is 5.92 Å². The fourth-order valence-electron chi connectivity index (χ4n) is 2.36. The molecule has 0 spiro atoms. The number of aryl methyl sites for hydroxylation is 1. The number of hydrogen-bond acceptors (Lipinski definition) is 3. The highest BCUT2D eigenvalue weighted by Crippen LogP contribution is 2.19. The Morgan fingerprint density at radius 2 is 1.91 bits per heavy atom. The molecule has 2 aromatic rings. The number of carbonyl (C=O) groups is 1. The molecule has 0 aliphatic carbocycles. The second kappa shape index (κ2) is 8.00. The molecule has 4 heteroatoms. The minimum Gasteiger partial charge on any atom is -0.497 e. The maximum atomic E-state index is 12.4. The predicted molar refractivity (Wildman–Crippen MR) is 90.3 cm³/mol. The van der Waals surface area contributed by atoms with Crippen LogP contribution in [0.4, 0.5) is 5.69 Å². The maximum absolute atomic E-state index is 12.4. The molecule has 23 heavy (non-hydrogen) atoms. The molecule has 0 unspecified atom stereocenters. The number of benzene rings is 2. The number of carbonyl (C=O) groups excluding carboxylic acids is 1. The second-order valence-electron chi connectivity index (χ2n) is 5.23. The standard InChI is InChI=1S/C19H20N2O2/c1-3-15-6-4-5-7-18(15)21-19(22)16(13-20)12-14-8-10-17(23-2)11-9-14/h4-11,16H,3,12H2,1-2H3,(H,21,22)/t16-/m0/s1. The van der Waals surface area contributed by atoms with Crippen LogP contribution in [-0.4, -0.2) is 13.0 Å². The van der Waals surface area contributed by atoms with E-state index in [1.807, 2.05) is 55.5 Å². The van der Waals surface area contributed by atoms with E-state index >= 15 is 0 Å². The van der Waals surface area contributed by atoms with Crippen LogP contribution in [0.15, 0.2) is 48.5 Å². The molecule has 0 radical (unpaired) electrons. The topological polar surface area (TPSA) is 62.1 Å². The van der Waals surface area contributed by atoms with Crippen molar-refractivity contribution < 1.29 is 9.53 Å². The van der Waals surface area contributed by atoms with Gasteiger partial charge in [0, 0.05) is 5.69 Å². The molecule has 1 amide bonds. The summed E-state index contributed by atoms with van der Waals surface area (Å²) in [4.78, 5) is 12.4. The Bertz CT molecular complexity index is 702. The largest absolute Gasteiger partial charge is 0.497 e. The molecule has 0 saturated heterocycles. The number of methoxy groups -OCH3 is 1. The van der Waals surface area contributed by atoms with Crippen molar-refractivity contribution in [1.82, 2.24) is 0 Å². The summed E-state index contributed by atoms with van der Waals surface area (Å²) in [7, 11) is 1.60. The third-order valence-electron chi connectivity index (χ3n) is 3.73. The zero-order chi connectivity index (χ0) is 16.7. The first-order valence-electron chi connectivity index (χ1n) is 7.59. The lowest BCUT2D eigenvalue weighted by atomic mass is 9.99. The Balaban J connectivity index is 2.07. The highest BCUT2D eigenvalue weighted by atomic mass is 16.5. The van der Waals surface area contributed by atoms with E-state index in [0.717, 1.165) is 29.0 Å². The van der Waals surface area contributed by atoms with Crippen LogP contribution in [0.1, 0.15) is 18.1 Å². The van der Waals surface area contributed by atoms with Gasteiger partial charge < -0.3 is 10.1 Å². The van der Waals surface area contributed by atoms with Crippen molar-refractivity contribution in [2.75, 3.05) is 12.4 Å². The molecule has 0 fully saturated rings. The Morgan fingerprint density at radius 1 is 1.22 bits per heavy atom. The van der Waals surface area contributed by atoms with Crippen molar-refractivity contribution in [3.63, 3.8) is 0 Å². The van der Waals surface area contributed by atoms with Gasteiger partial charge in [-0.15, -0.1) is 0 Å². The molecule has 0 saturated carbocycles. The van der Waals surface area contributed by atoms with Gasteiger partial charge in [0.1, 0.15) is 11.7 Å². The fraction of sp³-hybridized carbons (Fsp3) is 0.263. The van der Waals surface area contributed by atoms with Gasteiger partial charge in [-0.1, -0.05) is 37.3 Å². The van der Waals surface area contributed by atoms with E-state index in [4.69, 9.17) is 4.74 Å². The van der Waals surface area contributed by atoms with E-state index in [1.165, 1.54) is 0 Å². The van der Waals surface area contributed by atoms with Gasteiger partial charge in [-0.2, -0.15) is 5.26 Å². The monoisotopic (exact) mass is 308 g/mol. The van der Waals surface area contributed by atoms with Crippen molar-refractivity contribution in [3.8, 4) is 11.8 Å². The van der Waals surface area contributed by atoms with Crippen molar-refractivity contribution in [3.05, 3.63) is 59.7 Å². The van der Waals surface area contributed by atoms with E-state index in [1.54, 1.807) is 7.11 Å². The SMILES string of the molecule is CCc1ccccc1NC(=O)[C@H](C#N)Cc1ccc(OC)cc1. The number of nitrogens with one attached hydrogen (secondary N) is 1. The molecule has 0 aromatic heterocycles. The molecule has 2 aromatic carbocycles. The zero-order valence-corrected chi connectivity index (χ0v) is 13.4. The summed E-state index contributed by atoms with van der Waals surface area (Å²) < 4.78 is 5.11. The molecule has 4 nitrogen and oxygen atoms in total. The zero-order valence-electron chi connectivity index (χ0n) is 13.4. The summed E-state index contributed by atoms with van der Waals surface area (Å²) in [6.07, 6.45) is 1.20. The van der Waals surface area contributed by atoms with E-state index in [-0.39, 0.29) is 5.91 Å². The summed E-state index contributed by atoms with van der Waals surface area (Å²) in [5, 5.41) is 12.2. The average molecular weight is 308 g/mol. The van der Waals surface area contributed by atoms with Crippen LogP contribution in [-0.2, 0) is 17.6 Å². The Kier molecular flexibility index (Phi) is 5.76. The number of anilines is 1. The Hall–Kier alpha value is -2.80. The number of amides is 1. The minimum absolute atomic E-state index is 0.274. The smallest absolute Gasteiger partial charge is 0.242 e.